The van der Waals surface area contributed by atoms with E-state index in [1.165, 1.54) is 0 Å². The Morgan fingerprint density at radius 1 is 0.670 bits per heavy atom. The number of esters is 3. The molecule has 0 heterocycles. The predicted molar refractivity (Wildman–Crippen MR) is 416 cm³/mol. The summed E-state index contributed by atoms with van der Waals surface area (Å²) in [7, 11) is -11.3. The second kappa shape index (κ2) is 51.3. The van der Waals surface area contributed by atoms with Crippen molar-refractivity contribution < 1.29 is 88.9 Å². The van der Waals surface area contributed by atoms with Crippen LogP contribution in [0, 0.1) is 11.8 Å². The fourth-order valence-corrected chi connectivity index (χ4v) is 34.1. The number of benzene rings is 1. The zero-order chi connectivity index (χ0) is 76.4. The second-order valence-corrected chi connectivity index (χ2v) is 47.2. The molecule has 8 atom stereocenters. The molecule has 0 saturated heterocycles. The molecule has 25 nitrogen and oxygen atoms in total. The molecular weight excluding hydrogens is 1410 g/mol. The summed E-state index contributed by atoms with van der Waals surface area (Å²) in [5.41, 5.74) is 12.4. The molecule has 0 aliphatic heterocycles. The van der Waals surface area contributed by atoms with E-state index in [1.807, 2.05) is 63.1 Å². The number of ketones is 1. The van der Waals surface area contributed by atoms with Crippen molar-refractivity contribution in [3.05, 3.63) is 54.9 Å². The van der Waals surface area contributed by atoms with Gasteiger partial charge in [-0.05, 0) is 194 Å². The predicted octanol–water partition coefficient (Wildman–Crippen LogP) is 7.42. The first kappa shape index (κ1) is 94.0. The van der Waals surface area contributed by atoms with Gasteiger partial charge in [0, 0.05) is 93.0 Å². The van der Waals surface area contributed by atoms with Crippen molar-refractivity contribution in [3.63, 3.8) is 0 Å². The Morgan fingerprint density at radius 2 is 1.23 bits per heavy atom. The first-order valence-electron chi connectivity index (χ1n) is 38.4. The highest BCUT2D eigenvalue weighted by Crippen LogP contribution is 2.39. The van der Waals surface area contributed by atoms with Gasteiger partial charge in [-0.15, -0.1) is 0 Å². The molecule has 0 bridgehead atoms. The van der Waals surface area contributed by atoms with E-state index in [4.69, 9.17) is 65.8 Å². The lowest BCUT2D eigenvalue weighted by Gasteiger charge is -2.43. The molecule has 103 heavy (non-hydrogen) atoms. The topological polar surface area (TPSA) is 322 Å². The van der Waals surface area contributed by atoms with Crippen molar-refractivity contribution in [3.8, 4) is 0 Å². The maximum Gasteiger partial charge on any atom is 0.506 e. The molecule has 1 aromatic rings. The number of carbonyl (C=O) groups excluding carboxylic acids is 4. The van der Waals surface area contributed by atoms with Crippen LogP contribution in [0.3, 0.4) is 0 Å². The van der Waals surface area contributed by atoms with Gasteiger partial charge in [-0.3, -0.25) is 29.0 Å². The smallest absolute Gasteiger partial charge is 0.466 e. The monoisotopic (exact) mass is 1540 g/mol. The minimum absolute atomic E-state index is 0.00558. The molecule has 0 spiro atoms. The Balaban J connectivity index is 1.70. The molecule has 2 saturated carbocycles. The first-order chi connectivity index (χ1) is 48.9. The molecule has 0 aromatic heterocycles. The zero-order valence-corrected chi connectivity index (χ0v) is 70.9. The summed E-state index contributed by atoms with van der Waals surface area (Å²) in [5, 5.41) is 40.2. The van der Waals surface area contributed by atoms with E-state index in [-0.39, 0.29) is 109 Å². The number of nitrogens with zero attached hydrogens (tertiary/aromatic N) is 2. The van der Waals surface area contributed by atoms with E-state index in [2.05, 4.69) is 68.0 Å². The summed E-state index contributed by atoms with van der Waals surface area (Å²) in [6.45, 7) is 36.2. The highest BCUT2D eigenvalue weighted by Gasteiger charge is 2.53. The summed E-state index contributed by atoms with van der Waals surface area (Å²) in [5.74, 6) is -0.143. The normalized spacial score (nSPS) is 19.7. The molecule has 0 radical (unpaired) electrons. The van der Waals surface area contributed by atoms with Crippen molar-refractivity contribution in [2.45, 2.75) is 263 Å². The molecule has 0 amide bonds. The van der Waals surface area contributed by atoms with Gasteiger partial charge in [0.25, 0.3) is 0 Å². The van der Waals surface area contributed by atoms with Crippen LogP contribution in [-0.2, 0) is 73.5 Å². The quantitative estimate of drug-likeness (QED) is 0.0110. The summed E-state index contributed by atoms with van der Waals surface area (Å²) in [6.07, 6.45) is 9.38. The van der Waals surface area contributed by atoms with Crippen molar-refractivity contribution >= 4 is 72.6 Å². The van der Waals surface area contributed by atoms with Crippen LogP contribution >= 0.6 is 0 Å². The molecule has 3 rings (SSSR count). The average molecular weight is 1550 g/mol. The summed E-state index contributed by atoms with van der Waals surface area (Å²) < 4.78 is 74.6. The molecule has 2 aliphatic rings. The highest BCUT2D eigenvalue weighted by molar-refractivity contribution is 6.94. The fourth-order valence-electron chi connectivity index (χ4n) is 13.6. The number of ether oxygens (including phenoxy) is 8. The molecule has 30 heteroatoms. The lowest BCUT2D eigenvalue weighted by molar-refractivity contribution is -0.157. The van der Waals surface area contributed by atoms with Gasteiger partial charge in [0.1, 0.15) is 6.04 Å². The largest absolute Gasteiger partial charge is 0.506 e. The standard InChI is InChI=1S/C73H140N6O19Si5/c1-16-26-69(82)67(46-71(84)91-17-2)79(63-35-31-61(32-36-63)45-60-29-33-62(34-30-60)78(9)68(73(86)93-19-4)47-72(85)92-18-3)38-37-70(83)94-41-25-44-100(10,11)96-102(14,15)98-103(66-27-21-20-22-28-66,95-99-42-23-39-87-54-64(80)48-76-58(7)52-89-50-56(5)74)97-101(12,13)43-24-40-88-55-65(81)49-77-59(8)53-90-51-57(6)75/h20-22,27-28,56,58,60-65,67-68,70,76-77,80-81,83H,6,8,16-19,23-26,29-55,74-75,99H2,1-5,7,9-15H3. The van der Waals surface area contributed by atoms with Gasteiger partial charge in [0.05, 0.1) is 90.6 Å². The van der Waals surface area contributed by atoms with Crippen LogP contribution in [-0.4, -0.2) is 253 Å². The SMILES string of the molecule is C=C(N)COCC(=C)NCC(O)COCCC[Si](C)(C)O[Si](O[SiH2]CCCOCC(O)CNC(C)COCC(C)N)(O[Si](C)(C)O[Si](C)(C)CCCOC(O)CCN(C1CCC(CC2CCC(N(C)C(CC(=O)OCC)C(=O)OCC)CC2)CC1)C(CC(=O)OCC)C(=O)CCC)c1ccccc1. The second-order valence-electron chi connectivity index (χ2n) is 29.9. The molecule has 9 N–H and O–H groups in total. The van der Waals surface area contributed by atoms with Gasteiger partial charge < -0.3 is 91.8 Å². The number of Topliss-reactive ketones (excluding diaryl/α,β-unsaturated/α-hetero) is 1. The molecule has 2 fully saturated rings. The van der Waals surface area contributed by atoms with E-state index in [9.17, 15) is 34.5 Å². The van der Waals surface area contributed by atoms with Gasteiger partial charge in [0.2, 0.25) is 0 Å². The molecule has 596 valence electrons. The summed E-state index contributed by atoms with van der Waals surface area (Å²) in [4.78, 5) is 57.1. The third-order valence-electron chi connectivity index (χ3n) is 18.6. The van der Waals surface area contributed by atoms with E-state index in [1.54, 1.807) is 20.8 Å². The molecular formula is C73H140N6O19Si5. The molecule has 8 unspecified atom stereocenters. The highest BCUT2D eigenvalue weighted by atomic mass is 28.5. The van der Waals surface area contributed by atoms with Gasteiger partial charge in [-0.25, -0.2) is 0 Å². The number of hydrogen-bond donors (Lipinski definition) is 7. The van der Waals surface area contributed by atoms with Crippen LogP contribution in [0.25, 0.3) is 0 Å². The van der Waals surface area contributed by atoms with Crippen molar-refractivity contribution in [1.82, 2.24) is 20.4 Å². The van der Waals surface area contributed by atoms with E-state index in [0.717, 1.165) is 87.5 Å². The lowest BCUT2D eigenvalue weighted by Crippen LogP contribution is -2.67. The Bertz CT molecular complexity index is 2530. The van der Waals surface area contributed by atoms with Gasteiger partial charge in [-0.2, -0.15) is 0 Å². The van der Waals surface area contributed by atoms with Crippen molar-refractivity contribution in [2.75, 3.05) is 106 Å². The Labute approximate surface area is 625 Å². The Kier molecular flexibility index (Phi) is 46.8. The summed E-state index contributed by atoms with van der Waals surface area (Å²) in [6, 6.07) is 11.1. The third kappa shape index (κ3) is 40.2. The van der Waals surface area contributed by atoms with Crippen LogP contribution in [0.4, 0.5) is 0 Å². The van der Waals surface area contributed by atoms with Gasteiger partial charge in [0.15, 0.2) is 38.5 Å². The van der Waals surface area contributed by atoms with Gasteiger partial charge >= 0.3 is 35.3 Å². The van der Waals surface area contributed by atoms with Crippen LogP contribution in [0.1, 0.15) is 151 Å². The van der Waals surface area contributed by atoms with Gasteiger partial charge in [-0.1, -0.05) is 50.4 Å². The number of aliphatic hydroxyl groups excluding tert-OH is 3. The Morgan fingerprint density at radius 3 is 1.82 bits per heavy atom. The van der Waals surface area contributed by atoms with Crippen LogP contribution in [0.15, 0.2) is 54.9 Å². The lowest BCUT2D eigenvalue weighted by atomic mass is 9.75. The summed E-state index contributed by atoms with van der Waals surface area (Å²) >= 11 is 0. The number of carbonyl (C=O) groups is 4. The van der Waals surface area contributed by atoms with Crippen LogP contribution < -0.4 is 27.3 Å². The fraction of sp³-hybridized carbons (Fsp3) is 0.808. The van der Waals surface area contributed by atoms with E-state index < -0.39 is 92.3 Å². The van der Waals surface area contributed by atoms with E-state index in [0.29, 0.717) is 88.4 Å². The first-order valence-corrected chi connectivity index (χ1v) is 50.8. The number of nitrogens with one attached hydrogen (secondary N) is 2. The zero-order valence-electron chi connectivity index (χ0n) is 65.5. The van der Waals surface area contributed by atoms with Crippen LogP contribution in [0.2, 0.25) is 57.4 Å². The van der Waals surface area contributed by atoms with Crippen molar-refractivity contribution in [2.24, 2.45) is 23.3 Å². The van der Waals surface area contributed by atoms with Crippen LogP contribution in [0.5, 0.6) is 0 Å². The number of rotatable bonds is 60. The Hall–Kier alpha value is -3.18. The third-order valence-corrected chi connectivity index (χ3v) is 36.4. The number of aliphatic hydroxyl groups is 3. The van der Waals surface area contributed by atoms with E-state index >= 15 is 0 Å². The van der Waals surface area contributed by atoms with Crippen molar-refractivity contribution in [1.29, 1.82) is 0 Å². The minimum atomic E-state index is -3.71. The number of hydrogen-bond acceptors (Lipinski definition) is 25. The molecule has 1 aromatic carbocycles. The molecule has 2 aliphatic carbocycles. The minimum Gasteiger partial charge on any atom is -0.466 e. The maximum absolute atomic E-state index is 14.1. The number of nitrogens with two attached hydrogens (primary N) is 2. The average Bonchev–Trinajstić information content (AvgIpc) is 0.780. The maximum atomic E-state index is 14.1. The number of likely N-dealkylation sites (N-methyl/N-ethyl adjacent to an activating group) is 1.